The number of aromatic amines is 1. The van der Waals surface area contributed by atoms with Crippen LogP contribution in [0.25, 0.3) is 17.1 Å². The van der Waals surface area contributed by atoms with Crippen molar-refractivity contribution in [1.29, 1.82) is 0 Å². The van der Waals surface area contributed by atoms with Crippen LogP contribution in [0.2, 0.25) is 0 Å². The molecule has 1 atom stereocenters. The number of halogens is 1. The molecule has 2 heterocycles. The van der Waals surface area contributed by atoms with Gasteiger partial charge in [0.1, 0.15) is 11.5 Å². The highest BCUT2D eigenvalue weighted by Gasteiger charge is 2.22. The quantitative estimate of drug-likeness (QED) is 0.182. The molecular weight excluding hydrogens is 578 g/mol. The van der Waals surface area contributed by atoms with E-state index in [9.17, 15) is 19.8 Å². The summed E-state index contributed by atoms with van der Waals surface area (Å²) in [5.74, 6) is 0.638. The van der Waals surface area contributed by atoms with E-state index in [1.165, 1.54) is 21.8 Å². The van der Waals surface area contributed by atoms with Gasteiger partial charge in [0.2, 0.25) is 5.91 Å². The minimum atomic E-state index is -0.400. The maximum atomic E-state index is 12.8. The summed E-state index contributed by atoms with van der Waals surface area (Å²) in [6.45, 7) is 8.94. The van der Waals surface area contributed by atoms with Gasteiger partial charge in [0.15, 0.2) is 5.82 Å². The molecule has 4 aromatic rings. The number of H-pyrrole nitrogens is 1. The van der Waals surface area contributed by atoms with E-state index in [-0.39, 0.29) is 41.6 Å². The molecule has 0 unspecified atom stereocenters. The van der Waals surface area contributed by atoms with Crippen molar-refractivity contribution in [1.82, 2.24) is 19.7 Å². The van der Waals surface area contributed by atoms with Crippen LogP contribution in [0.4, 0.5) is 0 Å². The molecule has 1 fully saturated rings. The number of piperidine rings is 1. The standard InChI is InChI=1S/C34H41N5O4.ClH/c1-21(2)28-18-29(31(41)19-30(28)40)33-36-37-34(43)39(33)27-10-6-23(7-11-27)17-24-12-14-38(15-13-24)20-25-4-8-26(9-5-25)22(3)16-32(35)42;/h4-11,18-19,21-22,24,40-41H,12-17,20H2,1-3H3,(H2,35,42)(H,37,43);1H/t22-;/m1./s1. The third kappa shape index (κ3) is 7.52. The van der Waals surface area contributed by atoms with Crippen LogP contribution in [-0.4, -0.2) is 48.9 Å². The Labute approximate surface area is 264 Å². The number of hydrogen-bond acceptors (Lipinski definition) is 6. The number of nitrogens with one attached hydrogen (secondary N) is 1. The third-order valence-corrected chi connectivity index (χ3v) is 8.57. The van der Waals surface area contributed by atoms with E-state index in [2.05, 4.69) is 51.5 Å². The van der Waals surface area contributed by atoms with Gasteiger partial charge in [-0.05, 0) is 90.6 Å². The first-order valence-corrected chi connectivity index (χ1v) is 15.0. The van der Waals surface area contributed by atoms with Crippen molar-refractivity contribution >= 4 is 18.3 Å². The van der Waals surface area contributed by atoms with Crippen molar-refractivity contribution in [2.45, 2.75) is 64.8 Å². The van der Waals surface area contributed by atoms with E-state index >= 15 is 0 Å². The maximum Gasteiger partial charge on any atom is 0.348 e. The van der Waals surface area contributed by atoms with Gasteiger partial charge in [0.25, 0.3) is 0 Å². The number of likely N-dealkylation sites (tertiary alicyclic amines) is 1. The number of hydrogen-bond donors (Lipinski definition) is 4. The average molecular weight is 620 g/mol. The topological polar surface area (TPSA) is 137 Å². The Kier molecular flexibility index (Phi) is 10.5. The van der Waals surface area contributed by atoms with Crippen LogP contribution in [0.1, 0.15) is 74.1 Å². The number of carbonyl (C=O) groups is 1. The van der Waals surface area contributed by atoms with Gasteiger partial charge in [0, 0.05) is 19.0 Å². The normalized spacial score (nSPS) is 14.8. The summed E-state index contributed by atoms with van der Waals surface area (Å²) in [5.41, 5.74) is 10.3. The molecule has 1 saturated heterocycles. The van der Waals surface area contributed by atoms with Crippen LogP contribution in [0.15, 0.2) is 65.5 Å². The smallest absolute Gasteiger partial charge is 0.348 e. The first-order valence-electron chi connectivity index (χ1n) is 15.0. The highest BCUT2D eigenvalue weighted by Crippen LogP contribution is 2.37. The number of nitrogens with zero attached hydrogens (tertiary/aromatic N) is 3. The molecule has 234 valence electrons. The summed E-state index contributed by atoms with van der Waals surface area (Å²) < 4.78 is 1.45. The van der Waals surface area contributed by atoms with Gasteiger partial charge >= 0.3 is 5.69 Å². The lowest BCUT2D eigenvalue weighted by Gasteiger charge is -2.32. The summed E-state index contributed by atoms with van der Waals surface area (Å²) in [5, 5.41) is 27.5. The SMILES string of the molecule is CC(C)c1cc(-c2n[nH]c(=O)n2-c2ccc(CC3CCN(Cc4ccc([C@H](C)CC(N)=O)cc4)CC3)cc2)c(O)cc1O.Cl. The van der Waals surface area contributed by atoms with Gasteiger partial charge < -0.3 is 15.9 Å². The molecule has 9 nitrogen and oxygen atoms in total. The summed E-state index contributed by atoms with van der Waals surface area (Å²) in [6, 6.07) is 19.5. The molecule has 0 bridgehead atoms. The van der Waals surface area contributed by atoms with Gasteiger partial charge in [-0.3, -0.25) is 9.69 Å². The molecule has 1 aromatic heterocycles. The summed E-state index contributed by atoms with van der Waals surface area (Å²) >= 11 is 0. The number of aromatic nitrogens is 3. The Balaban J connectivity index is 0.00000442. The number of benzene rings is 3. The Morgan fingerprint density at radius 1 is 0.977 bits per heavy atom. The lowest BCUT2D eigenvalue weighted by molar-refractivity contribution is -0.118. The van der Waals surface area contributed by atoms with E-state index in [1.807, 2.05) is 32.9 Å². The Bertz CT molecular complexity index is 1620. The van der Waals surface area contributed by atoms with Crippen molar-refractivity contribution in [3.05, 3.63) is 93.4 Å². The largest absolute Gasteiger partial charge is 0.508 e. The number of phenols is 2. The zero-order valence-corrected chi connectivity index (χ0v) is 26.3. The van der Waals surface area contributed by atoms with Gasteiger partial charge in [0.05, 0.1) is 11.3 Å². The highest BCUT2D eigenvalue weighted by atomic mass is 35.5. The molecule has 1 aliphatic rings. The summed E-state index contributed by atoms with van der Waals surface area (Å²) in [7, 11) is 0. The molecule has 10 heteroatoms. The molecule has 0 saturated carbocycles. The number of primary amides is 1. The summed E-state index contributed by atoms with van der Waals surface area (Å²) in [4.78, 5) is 26.5. The molecule has 5 N–H and O–H groups in total. The number of nitrogens with two attached hydrogens (primary N) is 1. The number of aromatic hydroxyl groups is 2. The fourth-order valence-corrected chi connectivity index (χ4v) is 6.05. The molecule has 1 amide bonds. The van der Waals surface area contributed by atoms with Gasteiger partial charge in [-0.2, -0.15) is 5.10 Å². The Hall–Kier alpha value is -4.08. The highest BCUT2D eigenvalue weighted by molar-refractivity contribution is 5.85. The van der Waals surface area contributed by atoms with Crippen LogP contribution in [0, 0.1) is 5.92 Å². The molecule has 1 aliphatic heterocycles. The average Bonchev–Trinajstić information content (AvgIpc) is 3.35. The van der Waals surface area contributed by atoms with Crippen molar-refractivity contribution in [3.8, 4) is 28.6 Å². The molecule has 0 radical (unpaired) electrons. The molecule has 44 heavy (non-hydrogen) atoms. The minimum Gasteiger partial charge on any atom is -0.508 e. The zero-order valence-electron chi connectivity index (χ0n) is 25.5. The molecule has 3 aromatic carbocycles. The molecule has 5 rings (SSSR count). The lowest BCUT2D eigenvalue weighted by atomic mass is 9.90. The van der Waals surface area contributed by atoms with Crippen molar-refractivity contribution in [2.24, 2.45) is 11.7 Å². The van der Waals surface area contributed by atoms with Crippen molar-refractivity contribution in [3.63, 3.8) is 0 Å². The van der Waals surface area contributed by atoms with E-state index in [1.54, 1.807) is 6.07 Å². The Morgan fingerprint density at radius 3 is 2.23 bits per heavy atom. The van der Waals surface area contributed by atoms with E-state index in [0.717, 1.165) is 44.5 Å². The van der Waals surface area contributed by atoms with E-state index in [0.29, 0.717) is 35.0 Å². The van der Waals surface area contributed by atoms with Gasteiger partial charge in [-0.1, -0.05) is 57.2 Å². The van der Waals surface area contributed by atoms with E-state index in [4.69, 9.17) is 5.73 Å². The second kappa shape index (κ2) is 14.1. The number of phenolic OH excluding ortho intramolecular Hbond substituents is 2. The van der Waals surface area contributed by atoms with Gasteiger partial charge in [-0.15, -0.1) is 12.4 Å². The first-order chi connectivity index (χ1) is 20.6. The van der Waals surface area contributed by atoms with Crippen molar-refractivity contribution < 1.29 is 15.0 Å². The second-order valence-electron chi connectivity index (χ2n) is 12.2. The summed E-state index contributed by atoms with van der Waals surface area (Å²) in [6.07, 6.45) is 3.59. The van der Waals surface area contributed by atoms with Crippen LogP contribution in [0.3, 0.4) is 0 Å². The zero-order chi connectivity index (χ0) is 30.7. The predicted molar refractivity (Wildman–Crippen MR) is 175 cm³/mol. The Morgan fingerprint density at radius 2 is 1.61 bits per heavy atom. The monoisotopic (exact) mass is 619 g/mol. The number of carbonyl (C=O) groups excluding carboxylic acids is 1. The van der Waals surface area contributed by atoms with Crippen LogP contribution < -0.4 is 11.4 Å². The van der Waals surface area contributed by atoms with E-state index < -0.39 is 5.69 Å². The third-order valence-electron chi connectivity index (χ3n) is 8.57. The van der Waals surface area contributed by atoms with Crippen LogP contribution >= 0.6 is 12.4 Å². The molecule has 0 spiro atoms. The van der Waals surface area contributed by atoms with Crippen molar-refractivity contribution in [2.75, 3.05) is 13.1 Å². The van der Waals surface area contributed by atoms with Crippen LogP contribution in [0.5, 0.6) is 11.5 Å². The van der Waals surface area contributed by atoms with Gasteiger partial charge in [-0.25, -0.2) is 14.5 Å². The predicted octanol–water partition coefficient (Wildman–Crippen LogP) is 5.62. The second-order valence-corrected chi connectivity index (χ2v) is 12.2. The maximum absolute atomic E-state index is 12.8. The lowest BCUT2D eigenvalue weighted by Crippen LogP contribution is -2.33. The van der Waals surface area contributed by atoms with Crippen LogP contribution in [-0.2, 0) is 17.8 Å². The first kappa shape index (κ1) is 32.8. The number of amides is 1. The fraction of sp³-hybridized carbons (Fsp3) is 0.382. The number of rotatable bonds is 10. The molecule has 0 aliphatic carbocycles. The fourth-order valence-electron chi connectivity index (χ4n) is 6.05. The minimum absolute atomic E-state index is 0. The molecular formula is C34H42ClN5O4.